The van der Waals surface area contributed by atoms with E-state index < -0.39 is 10.0 Å². The van der Waals surface area contributed by atoms with Crippen LogP contribution in [0.15, 0.2) is 46.9 Å². The number of hydrogen-bond acceptors (Lipinski definition) is 3. The average Bonchev–Trinajstić information content (AvgIpc) is 2.41. The number of rotatable bonds is 4. The van der Waals surface area contributed by atoms with Gasteiger partial charge in [0.25, 0.3) is 0 Å². The van der Waals surface area contributed by atoms with Crippen LogP contribution in [0.4, 0.5) is 5.69 Å². The summed E-state index contributed by atoms with van der Waals surface area (Å²) in [6.07, 6.45) is 0. The van der Waals surface area contributed by atoms with Crippen LogP contribution in [0.2, 0.25) is 0 Å². The van der Waals surface area contributed by atoms with Crippen LogP contribution in [0.1, 0.15) is 16.7 Å². The number of nitrogens with one attached hydrogen (secondary N) is 1. The molecule has 0 aromatic heterocycles. The normalized spacial score (nSPS) is 10.9. The summed E-state index contributed by atoms with van der Waals surface area (Å²) in [5.41, 5.74) is 2.69. The lowest BCUT2D eigenvalue weighted by molar-refractivity contribution is 0.600. The Morgan fingerprint density at radius 3 is 2.43 bits per heavy atom. The molecule has 2 rings (SSSR count). The maximum atomic E-state index is 12.1. The molecule has 0 bridgehead atoms. The molecule has 2 aromatic rings. The van der Waals surface area contributed by atoms with Crippen LogP contribution in [0.25, 0.3) is 0 Å². The first-order valence-corrected chi connectivity index (χ1v) is 8.60. The van der Waals surface area contributed by atoms with Gasteiger partial charge in [0.05, 0.1) is 11.3 Å². The summed E-state index contributed by atoms with van der Waals surface area (Å²) in [5.74, 6) is -0.0924. The summed E-state index contributed by atoms with van der Waals surface area (Å²) in [5, 5.41) is 8.84. The number of hydrogen-bond donors (Lipinski definition) is 1. The molecule has 108 valence electrons. The maximum Gasteiger partial charge on any atom is 0.236 e. The van der Waals surface area contributed by atoms with Crippen LogP contribution in [0.5, 0.6) is 0 Å². The number of aryl methyl sites for hydroxylation is 1. The van der Waals surface area contributed by atoms with Crippen molar-refractivity contribution in [2.75, 3.05) is 4.72 Å². The minimum absolute atomic E-state index is 0.0924. The predicted molar refractivity (Wildman–Crippen MR) is 86.3 cm³/mol. The number of nitrogens with zero attached hydrogens (tertiary/aromatic N) is 1. The van der Waals surface area contributed by atoms with Crippen molar-refractivity contribution in [3.63, 3.8) is 0 Å². The summed E-state index contributed by atoms with van der Waals surface area (Å²) in [6.45, 7) is 1.95. The minimum atomic E-state index is -3.49. The van der Waals surface area contributed by atoms with Crippen molar-refractivity contribution in [2.45, 2.75) is 12.7 Å². The van der Waals surface area contributed by atoms with Crippen LogP contribution in [-0.2, 0) is 15.8 Å². The highest BCUT2D eigenvalue weighted by Crippen LogP contribution is 2.22. The molecular weight excluding hydrogens is 352 g/mol. The number of halogens is 1. The van der Waals surface area contributed by atoms with E-state index >= 15 is 0 Å². The lowest BCUT2D eigenvalue weighted by Gasteiger charge is -2.09. The maximum absolute atomic E-state index is 12.1. The fraction of sp³-hybridized carbons (Fsp3) is 0.133. The number of benzene rings is 2. The van der Waals surface area contributed by atoms with Crippen molar-refractivity contribution in [3.05, 3.63) is 63.6 Å². The van der Waals surface area contributed by atoms with E-state index in [2.05, 4.69) is 20.7 Å². The van der Waals surface area contributed by atoms with Gasteiger partial charge in [0.15, 0.2) is 0 Å². The molecule has 0 fully saturated rings. The second-order valence-electron chi connectivity index (χ2n) is 4.65. The van der Waals surface area contributed by atoms with Crippen molar-refractivity contribution in [1.82, 2.24) is 0 Å². The lowest BCUT2D eigenvalue weighted by Crippen LogP contribution is -2.15. The third kappa shape index (κ3) is 4.31. The largest absolute Gasteiger partial charge is 0.283 e. The molecule has 0 amide bonds. The second kappa shape index (κ2) is 6.29. The predicted octanol–water partition coefficient (Wildman–Crippen LogP) is 3.57. The fourth-order valence-corrected chi connectivity index (χ4v) is 3.45. The van der Waals surface area contributed by atoms with E-state index in [-0.39, 0.29) is 5.75 Å². The van der Waals surface area contributed by atoms with Crippen LogP contribution in [-0.4, -0.2) is 8.42 Å². The SMILES string of the molecule is Cc1ccc(CS(=O)(=O)Nc2ccc(C#N)c(Br)c2)cc1. The van der Waals surface area contributed by atoms with Gasteiger partial charge in [0.2, 0.25) is 10.0 Å². The van der Waals surface area contributed by atoms with E-state index in [4.69, 9.17) is 5.26 Å². The average molecular weight is 365 g/mol. The minimum Gasteiger partial charge on any atom is -0.283 e. The molecule has 0 spiro atoms. The third-order valence-corrected chi connectivity index (χ3v) is 4.76. The molecule has 0 saturated heterocycles. The summed E-state index contributed by atoms with van der Waals surface area (Å²) in [4.78, 5) is 0. The summed E-state index contributed by atoms with van der Waals surface area (Å²) >= 11 is 3.23. The Kier molecular flexibility index (Phi) is 4.66. The molecular formula is C15H13BrN2O2S. The number of sulfonamides is 1. The first-order valence-electron chi connectivity index (χ1n) is 6.15. The molecule has 0 aliphatic rings. The molecule has 0 saturated carbocycles. The Labute approximate surface area is 132 Å². The monoisotopic (exact) mass is 364 g/mol. The molecule has 0 unspecified atom stereocenters. The Balaban J connectivity index is 2.16. The van der Waals surface area contributed by atoms with Crippen molar-refractivity contribution < 1.29 is 8.42 Å². The molecule has 0 radical (unpaired) electrons. The smallest absolute Gasteiger partial charge is 0.236 e. The van der Waals surface area contributed by atoms with Crippen molar-refractivity contribution >= 4 is 31.6 Å². The molecule has 0 heterocycles. The second-order valence-corrected chi connectivity index (χ2v) is 7.23. The first kappa shape index (κ1) is 15.5. The summed E-state index contributed by atoms with van der Waals surface area (Å²) < 4.78 is 27.3. The van der Waals surface area contributed by atoms with Gasteiger partial charge in [-0.05, 0) is 46.6 Å². The number of anilines is 1. The van der Waals surface area contributed by atoms with E-state index in [1.807, 2.05) is 25.1 Å². The lowest BCUT2D eigenvalue weighted by atomic mass is 10.2. The first-order chi connectivity index (χ1) is 9.89. The molecule has 6 heteroatoms. The van der Waals surface area contributed by atoms with Gasteiger partial charge in [-0.15, -0.1) is 0 Å². The molecule has 0 aliphatic heterocycles. The molecule has 4 nitrogen and oxygen atoms in total. The van der Waals surface area contributed by atoms with Gasteiger partial charge in [0.1, 0.15) is 6.07 Å². The molecule has 0 aliphatic carbocycles. The van der Waals surface area contributed by atoms with Gasteiger partial charge in [-0.1, -0.05) is 29.8 Å². The Hall–Kier alpha value is -1.84. The van der Waals surface area contributed by atoms with Crippen molar-refractivity contribution in [3.8, 4) is 6.07 Å². The molecule has 21 heavy (non-hydrogen) atoms. The zero-order chi connectivity index (χ0) is 15.5. The Morgan fingerprint density at radius 2 is 1.86 bits per heavy atom. The zero-order valence-electron chi connectivity index (χ0n) is 11.3. The molecule has 2 aromatic carbocycles. The van der Waals surface area contributed by atoms with E-state index in [1.165, 1.54) is 0 Å². The summed E-state index contributed by atoms with van der Waals surface area (Å²) in [6, 6.07) is 14.1. The van der Waals surface area contributed by atoms with E-state index in [9.17, 15) is 8.42 Å². The van der Waals surface area contributed by atoms with E-state index in [1.54, 1.807) is 30.3 Å². The van der Waals surface area contributed by atoms with Crippen LogP contribution in [0.3, 0.4) is 0 Å². The zero-order valence-corrected chi connectivity index (χ0v) is 13.7. The Morgan fingerprint density at radius 1 is 1.19 bits per heavy atom. The van der Waals surface area contributed by atoms with Gasteiger partial charge in [0, 0.05) is 10.2 Å². The van der Waals surface area contributed by atoms with Gasteiger partial charge in [-0.25, -0.2) is 8.42 Å². The fourth-order valence-electron chi connectivity index (χ4n) is 1.79. The van der Waals surface area contributed by atoms with E-state index in [0.29, 0.717) is 15.7 Å². The van der Waals surface area contributed by atoms with Crippen LogP contribution < -0.4 is 4.72 Å². The highest BCUT2D eigenvalue weighted by molar-refractivity contribution is 9.10. The van der Waals surface area contributed by atoms with Gasteiger partial charge < -0.3 is 0 Å². The third-order valence-electron chi connectivity index (χ3n) is 2.84. The van der Waals surface area contributed by atoms with Gasteiger partial charge in [-0.2, -0.15) is 5.26 Å². The molecule has 1 N–H and O–H groups in total. The summed E-state index contributed by atoms with van der Waals surface area (Å²) in [7, 11) is -3.49. The highest BCUT2D eigenvalue weighted by Gasteiger charge is 2.12. The molecule has 0 atom stereocenters. The highest BCUT2D eigenvalue weighted by atomic mass is 79.9. The van der Waals surface area contributed by atoms with Crippen molar-refractivity contribution in [1.29, 1.82) is 5.26 Å². The Bertz CT molecular complexity index is 793. The van der Waals surface area contributed by atoms with Crippen LogP contribution in [0, 0.1) is 18.3 Å². The topological polar surface area (TPSA) is 70.0 Å². The standard InChI is InChI=1S/C15H13BrN2O2S/c1-11-2-4-12(5-3-11)10-21(19,20)18-14-7-6-13(9-17)15(16)8-14/h2-8,18H,10H2,1H3. The number of nitriles is 1. The quantitative estimate of drug-likeness (QED) is 0.901. The van der Waals surface area contributed by atoms with Crippen LogP contribution >= 0.6 is 15.9 Å². The van der Waals surface area contributed by atoms with E-state index in [0.717, 1.165) is 11.1 Å². The van der Waals surface area contributed by atoms with Gasteiger partial charge in [-0.3, -0.25) is 4.72 Å². The van der Waals surface area contributed by atoms with Gasteiger partial charge >= 0.3 is 0 Å². The van der Waals surface area contributed by atoms with Crippen molar-refractivity contribution in [2.24, 2.45) is 0 Å².